The lowest BCUT2D eigenvalue weighted by atomic mass is 9.92. The number of aromatic nitrogens is 4. The number of rotatable bonds is 8. The van der Waals surface area contributed by atoms with Crippen LogP contribution in [0.5, 0.6) is 5.75 Å². The molecule has 11 heteroatoms. The van der Waals surface area contributed by atoms with E-state index in [1.54, 1.807) is 38.4 Å². The summed E-state index contributed by atoms with van der Waals surface area (Å²) < 4.78 is 30.3. The number of halogens is 1. The Labute approximate surface area is 217 Å². The second-order valence-electron chi connectivity index (χ2n) is 9.14. The van der Waals surface area contributed by atoms with Crippen LogP contribution in [0.1, 0.15) is 24.6 Å². The average molecular weight is 520 g/mol. The van der Waals surface area contributed by atoms with Crippen LogP contribution in [-0.2, 0) is 20.8 Å². The van der Waals surface area contributed by atoms with Gasteiger partial charge in [0.2, 0.25) is 12.2 Å². The minimum absolute atomic E-state index is 0.0398. The summed E-state index contributed by atoms with van der Waals surface area (Å²) in [6.07, 6.45) is 0.726. The highest BCUT2D eigenvalue weighted by Crippen LogP contribution is 2.35. The van der Waals surface area contributed by atoms with Crippen LogP contribution in [0, 0.1) is 11.2 Å². The number of ether oxygens (including phenoxy) is 3. The average Bonchev–Trinajstić information content (AvgIpc) is 3.38. The number of carbonyl (C=O) groups is 1. The number of benzene rings is 2. The Bertz CT molecular complexity index is 1420. The Kier molecular flexibility index (Phi) is 7.03. The predicted octanol–water partition coefficient (Wildman–Crippen LogP) is 4.43. The molecule has 0 unspecified atom stereocenters. The van der Waals surface area contributed by atoms with Crippen molar-refractivity contribution in [2.24, 2.45) is 5.41 Å². The lowest BCUT2D eigenvalue weighted by Crippen LogP contribution is -2.42. The summed E-state index contributed by atoms with van der Waals surface area (Å²) in [6.45, 7) is 1.98. The van der Waals surface area contributed by atoms with Crippen LogP contribution in [0.4, 0.5) is 10.3 Å². The standard InChI is InChI=1S/C27H26FN5O5/c1-27(25(34)35)14-37-24(38-15-27)23-32-21(17-5-7-18(28)8-6-17)22(33-23)20-11-12-29-26(31-20)30-13-16-3-9-19(36-2)10-4-16/h3-12,24H,13-15H2,1-2H3,(H,32,33)(H,34,35)(H,29,30,31). The Morgan fingerprint density at radius 1 is 1.13 bits per heavy atom. The molecular weight excluding hydrogens is 493 g/mol. The molecule has 0 aliphatic carbocycles. The highest BCUT2D eigenvalue weighted by atomic mass is 19.1. The maximum atomic E-state index is 13.6. The summed E-state index contributed by atoms with van der Waals surface area (Å²) in [7, 11) is 1.62. The quantitative estimate of drug-likeness (QED) is 0.309. The summed E-state index contributed by atoms with van der Waals surface area (Å²) >= 11 is 0. The van der Waals surface area contributed by atoms with Gasteiger partial charge >= 0.3 is 5.97 Å². The van der Waals surface area contributed by atoms with E-state index in [-0.39, 0.29) is 19.0 Å². The molecule has 1 aliphatic rings. The summed E-state index contributed by atoms with van der Waals surface area (Å²) in [5.41, 5.74) is 2.14. The lowest BCUT2D eigenvalue weighted by Gasteiger charge is -2.33. The number of carboxylic acid groups (broad SMARTS) is 1. The predicted molar refractivity (Wildman–Crippen MR) is 136 cm³/mol. The third-order valence-electron chi connectivity index (χ3n) is 6.21. The van der Waals surface area contributed by atoms with Gasteiger partial charge in [0.25, 0.3) is 0 Å². The number of anilines is 1. The van der Waals surface area contributed by atoms with Crippen molar-refractivity contribution in [3.05, 3.63) is 78.0 Å². The zero-order chi connectivity index (χ0) is 26.7. The van der Waals surface area contributed by atoms with Gasteiger partial charge in [0.05, 0.1) is 37.4 Å². The monoisotopic (exact) mass is 519 g/mol. The first-order valence-electron chi connectivity index (χ1n) is 11.9. The zero-order valence-corrected chi connectivity index (χ0v) is 20.8. The number of methoxy groups -OCH3 is 1. The molecule has 2 aromatic carbocycles. The fraction of sp³-hybridized carbons (Fsp3) is 0.259. The Morgan fingerprint density at radius 2 is 1.84 bits per heavy atom. The molecule has 5 rings (SSSR count). The molecule has 2 aromatic heterocycles. The summed E-state index contributed by atoms with van der Waals surface area (Å²) in [5.74, 6) is 0.151. The van der Waals surface area contributed by atoms with Crippen molar-refractivity contribution in [2.75, 3.05) is 25.6 Å². The maximum absolute atomic E-state index is 13.6. The van der Waals surface area contributed by atoms with Crippen LogP contribution >= 0.6 is 0 Å². The molecule has 1 fully saturated rings. The lowest BCUT2D eigenvalue weighted by molar-refractivity contribution is -0.236. The first-order chi connectivity index (χ1) is 18.3. The van der Waals surface area contributed by atoms with Crippen LogP contribution in [0.15, 0.2) is 60.8 Å². The van der Waals surface area contributed by atoms with Gasteiger partial charge in [-0.15, -0.1) is 0 Å². The second kappa shape index (κ2) is 10.6. The number of hydrogen-bond acceptors (Lipinski definition) is 8. The SMILES string of the molecule is COc1ccc(CNc2nccc(-c3[nH]c(C4OCC(C)(C(=O)O)CO4)nc3-c3ccc(F)cc3)n2)cc1. The van der Waals surface area contributed by atoms with Gasteiger partial charge < -0.3 is 29.6 Å². The van der Waals surface area contributed by atoms with E-state index in [0.717, 1.165) is 11.3 Å². The maximum Gasteiger partial charge on any atom is 0.314 e. The number of nitrogens with one attached hydrogen (secondary N) is 2. The zero-order valence-electron chi connectivity index (χ0n) is 20.8. The Hall–Kier alpha value is -4.35. The molecule has 1 saturated heterocycles. The molecule has 3 N–H and O–H groups in total. The highest BCUT2D eigenvalue weighted by Gasteiger charge is 2.41. The van der Waals surface area contributed by atoms with E-state index < -0.39 is 17.7 Å². The van der Waals surface area contributed by atoms with Gasteiger partial charge in [0, 0.05) is 18.3 Å². The molecule has 4 aromatic rings. The summed E-state index contributed by atoms with van der Waals surface area (Å²) in [6, 6.07) is 15.3. The van der Waals surface area contributed by atoms with Crippen molar-refractivity contribution in [1.82, 2.24) is 19.9 Å². The van der Waals surface area contributed by atoms with E-state index in [2.05, 4.69) is 25.3 Å². The van der Waals surface area contributed by atoms with E-state index >= 15 is 0 Å². The Morgan fingerprint density at radius 3 is 2.50 bits per heavy atom. The largest absolute Gasteiger partial charge is 0.497 e. The van der Waals surface area contributed by atoms with Gasteiger partial charge in [-0.2, -0.15) is 0 Å². The molecule has 0 saturated carbocycles. The first kappa shape index (κ1) is 25.3. The van der Waals surface area contributed by atoms with Crippen LogP contribution in [-0.4, -0.2) is 51.3 Å². The number of carboxylic acids is 1. The molecule has 0 radical (unpaired) electrons. The van der Waals surface area contributed by atoms with Gasteiger partial charge in [0.15, 0.2) is 5.82 Å². The molecular formula is C27H26FN5O5. The van der Waals surface area contributed by atoms with Crippen molar-refractivity contribution < 1.29 is 28.5 Å². The van der Waals surface area contributed by atoms with Crippen LogP contribution < -0.4 is 10.1 Å². The minimum atomic E-state index is -1.15. The smallest absolute Gasteiger partial charge is 0.314 e. The van der Waals surface area contributed by atoms with Crippen LogP contribution in [0.2, 0.25) is 0 Å². The van der Waals surface area contributed by atoms with Gasteiger partial charge in [-0.3, -0.25) is 4.79 Å². The second-order valence-corrected chi connectivity index (χ2v) is 9.14. The van der Waals surface area contributed by atoms with E-state index in [4.69, 9.17) is 14.2 Å². The molecule has 38 heavy (non-hydrogen) atoms. The van der Waals surface area contributed by atoms with Crippen molar-refractivity contribution in [3.8, 4) is 28.4 Å². The number of H-pyrrole nitrogens is 1. The third kappa shape index (κ3) is 5.34. The summed E-state index contributed by atoms with van der Waals surface area (Å²) in [4.78, 5) is 28.4. The fourth-order valence-corrected chi connectivity index (χ4v) is 3.90. The molecule has 0 spiro atoms. The van der Waals surface area contributed by atoms with Gasteiger partial charge in [-0.1, -0.05) is 12.1 Å². The molecule has 196 valence electrons. The fourth-order valence-electron chi connectivity index (χ4n) is 3.90. The highest BCUT2D eigenvalue weighted by molar-refractivity contribution is 5.77. The van der Waals surface area contributed by atoms with E-state index in [0.29, 0.717) is 41.0 Å². The molecule has 3 heterocycles. The van der Waals surface area contributed by atoms with Gasteiger partial charge in [0.1, 0.15) is 17.0 Å². The molecule has 0 bridgehead atoms. The van der Waals surface area contributed by atoms with E-state index in [1.165, 1.54) is 12.1 Å². The number of aliphatic carboxylic acids is 1. The number of hydrogen-bond donors (Lipinski definition) is 3. The first-order valence-corrected chi connectivity index (χ1v) is 11.9. The molecule has 0 atom stereocenters. The van der Waals surface area contributed by atoms with Crippen molar-refractivity contribution in [2.45, 2.75) is 19.8 Å². The number of aromatic amines is 1. The van der Waals surface area contributed by atoms with Crippen LogP contribution in [0.3, 0.4) is 0 Å². The van der Waals surface area contributed by atoms with Crippen LogP contribution in [0.25, 0.3) is 22.6 Å². The summed E-state index contributed by atoms with van der Waals surface area (Å²) in [5, 5.41) is 12.7. The topological polar surface area (TPSA) is 131 Å². The third-order valence-corrected chi connectivity index (χ3v) is 6.21. The minimum Gasteiger partial charge on any atom is -0.497 e. The Balaban J connectivity index is 1.43. The van der Waals surface area contributed by atoms with E-state index in [9.17, 15) is 14.3 Å². The van der Waals surface area contributed by atoms with Crippen molar-refractivity contribution >= 4 is 11.9 Å². The number of imidazole rings is 1. The normalized spacial score (nSPS) is 19.2. The van der Waals surface area contributed by atoms with Gasteiger partial charge in [-0.05, 0) is 55.0 Å². The molecule has 1 aliphatic heterocycles. The molecule has 0 amide bonds. The molecule has 10 nitrogen and oxygen atoms in total. The van der Waals surface area contributed by atoms with E-state index in [1.807, 2.05) is 24.3 Å². The van der Waals surface area contributed by atoms with Gasteiger partial charge in [-0.25, -0.2) is 19.3 Å². The number of nitrogens with zero attached hydrogens (tertiary/aromatic N) is 3. The van der Waals surface area contributed by atoms with Crippen molar-refractivity contribution in [1.29, 1.82) is 0 Å². The van der Waals surface area contributed by atoms with Crippen molar-refractivity contribution in [3.63, 3.8) is 0 Å².